The van der Waals surface area contributed by atoms with E-state index in [4.69, 9.17) is 11.6 Å². The van der Waals surface area contributed by atoms with Crippen molar-refractivity contribution in [3.63, 3.8) is 0 Å². The van der Waals surface area contributed by atoms with Gasteiger partial charge in [0, 0.05) is 29.5 Å². The van der Waals surface area contributed by atoms with Crippen LogP contribution in [0.1, 0.15) is 29.8 Å². The Kier molecular flexibility index (Phi) is 5.67. The van der Waals surface area contributed by atoms with E-state index in [9.17, 15) is 4.79 Å². The van der Waals surface area contributed by atoms with E-state index in [2.05, 4.69) is 19.7 Å². The van der Waals surface area contributed by atoms with Crippen LogP contribution < -0.4 is 5.32 Å². The molecule has 2 aromatic rings. The number of aromatic nitrogens is 3. The van der Waals surface area contributed by atoms with Crippen molar-refractivity contribution in [1.29, 1.82) is 0 Å². The molecule has 0 atom stereocenters. The zero-order valence-electron chi connectivity index (χ0n) is 10.3. The zero-order valence-corrected chi connectivity index (χ0v) is 11.8. The topological polar surface area (TPSA) is 67.8 Å². The van der Waals surface area contributed by atoms with Crippen LogP contribution in [-0.4, -0.2) is 20.2 Å². The molecule has 96 valence electrons. The third-order valence-electron chi connectivity index (χ3n) is 1.89. The molecule has 2 rings (SSSR count). The third-order valence-corrected chi connectivity index (χ3v) is 2.79. The lowest BCUT2D eigenvalue weighted by Gasteiger charge is -2.03. The number of rotatable bonds is 2. The Hall–Kier alpha value is -1.53. The Labute approximate surface area is 114 Å². The molecule has 18 heavy (non-hydrogen) atoms. The van der Waals surface area contributed by atoms with Crippen molar-refractivity contribution in [1.82, 2.24) is 14.3 Å². The number of hydrogen-bond acceptors (Lipinski definition) is 5. The molecule has 1 amide bonds. The number of amides is 1. The average molecular weight is 285 g/mol. The number of carbonyl (C=O) groups is 1. The van der Waals surface area contributed by atoms with Crippen LogP contribution >= 0.6 is 23.1 Å². The van der Waals surface area contributed by atoms with Crippen LogP contribution in [0.15, 0.2) is 18.5 Å². The van der Waals surface area contributed by atoms with Crippen molar-refractivity contribution in [2.24, 2.45) is 0 Å². The number of aryl methyl sites for hydroxylation is 1. The average Bonchev–Trinajstić information content (AvgIpc) is 2.78. The number of hydrogen-bond donors (Lipinski definition) is 1. The lowest BCUT2D eigenvalue weighted by atomic mass is 10.1. The summed E-state index contributed by atoms with van der Waals surface area (Å²) >= 11 is 6.59. The summed E-state index contributed by atoms with van der Waals surface area (Å²) in [6, 6.07) is 1.65. The van der Waals surface area contributed by atoms with Crippen molar-refractivity contribution in [3.8, 4) is 0 Å². The summed E-state index contributed by atoms with van der Waals surface area (Å²) in [5.41, 5.74) is 1.36. The number of nitrogens with zero attached hydrogens (tertiary/aromatic N) is 3. The molecular formula is C11H13ClN4OS. The molecule has 0 aliphatic heterocycles. The van der Waals surface area contributed by atoms with Gasteiger partial charge in [-0.15, -0.1) is 0 Å². The minimum absolute atomic E-state index is 0.131. The second kappa shape index (κ2) is 7.03. The van der Waals surface area contributed by atoms with E-state index in [1.54, 1.807) is 18.5 Å². The molecule has 0 saturated carbocycles. The van der Waals surface area contributed by atoms with Gasteiger partial charge in [-0.25, -0.2) is 0 Å². The van der Waals surface area contributed by atoms with Crippen LogP contribution in [-0.2, 0) is 0 Å². The summed E-state index contributed by atoms with van der Waals surface area (Å²) in [6.07, 6.45) is 3.19. The highest BCUT2D eigenvalue weighted by molar-refractivity contribution is 7.10. The first-order valence-corrected chi connectivity index (χ1v) is 6.53. The molecule has 0 saturated heterocycles. The summed E-state index contributed by atoms with van der Waals surface area (Å²) in [5, 5.41) is 3.13. The number of halogens is 1. The van der Waals surface area contributed by atoms with Crippen LogP contribution in [0.2, 0.25) is 5.28 Å². The second-order valence-electron chi connectivity index (χ2n) is 3.01. The Morgan fingerprint density at radius 3 is 2.72 bits per heavy atom. The van der Waals surface area contributed by atoms with Gasteiger partial charge in [-0.3, -0.25) is 15.1 Å². The van der Waals surface area contributed by atoms with Gasteiger partial charge >= 0.3 is 0 Å². The molecule has 2 aromatic heterocycles. The number of anilines is 1. The third kappa shape index (κ3) is 3.75. The van der Waals surface area contributed by atoms with Gasteiger partial charge in [0.25, 0.3) is 5.91 Å². The maximum absolute atomic E-state index is 11.8. The van der Waals surface area contributed by atoms with Gasteiger partial charge < -0.3 is 0 Å². The van der Waals surface area contributed by atoms with Crippen molar-refractivity contribution in [2.45, 2.75) is 20.8 Å². The standard InChI is InChI=1S/C9H7ClN4OS.C2H6/c1-5-4-11-3-2-6(5)7(15)12-9-13-8(10)14-16-9;1-2/h2-4H,1H3,(H,12,13,14,15);1-2H3. The van der Waals surface area contributed by atoms with Crippen LogP contribution in [0.5, 0.6) is 0 Å². The minimum Gasteiger partial charge on any atom is -0.297 e. The van der Waals surface area contributed by atoms with Crippen molar-refractivity contribution < 1.29 is 4.79 Å². The zero-order chi connectivity index (χ0) is 13.5. The Bertz CT molecular complexity index is 529. The summed E-state index contributed by atoms with van der Waals surface area (Å²) in [5.74, 6) is -0.243. The molecule has 0 spiro atoms. The Morgan fingerprint density at radius 1 is 1.44 bits per heavy atom. The number of pyridine rings is 1. The fourth-order valence-electron chi connectivity index (χ4n) is 1.15. The summed E-state index contributed by atoms with van der Waals surface area (Å²) in [4.78, 5) is 19.5. The van der Waals surface area contributed by atoms with Gasteiger partial charge in [0.2, 0.25) is 10.4 Å². The monoisotopic (exact) mass is 284 g/mol. The lowest BCUT2D eigenvalue weighted by molar-refractivity contribution is 0.102. The maximum atomic E-state index is 11.8. The van der Waals surface area contributed by atoms with Gasteiger partial charge in [-0.2, -0.15) is 9.36 Å². The van der Waals surface area contributed by atoms with Gasteiger partial charge in [-0.05, 0) is 30.2 Å². The first-order valence-electron chi connectivity index (χ1n) is 5.38. The largest absolute Gasteiger partial charge is 0.297 e. The van der Waals surface area contributed by atoms with E-state index in [1.165, 1.54) is 0 Å². The lowest BCUT2D eigenvalue weighted by Crippen LogP contribution is -2.13. The number of nitrogens with one attached hydrogen (secondary N) is 1. The minimum atomic E-state index is -0.243. The normalized spacial score (nSPS) is 9.33. The van der Waals surface area contributed by atoms with E-state index in [0.717, 1.165) is 17.1 Å². The van der Waals surface area contributed by atoms with Crippen molar-refractivity contribution >= 4 is 34.2 Å². The molecule has 5 nitrogen and oxygen atoms in total. The highest BCUT2D eigenvalue weighted by Gasteiger charge is 2.11. The summed E-state index contributed by atoms with van der Waals surface area (Å²) in [7, 11) is 0. The van der Waals surface area contributed by atoms with Crippen LogP contribution in [0.4, 0.5) is 5.13 Å². The molecule has 0 radical (unpaired) electrons. The molecule has 0 aromatic carbocycles. The molecule has 0 aliphatic rings. The van der Waals surface area contributed by atoms with Crippen molar-refractivity contribution in [3.05, 3.63) is 34.9 Å². The Balaban J connectivity index is 0.000000771. The quantitative estimate of drug-likeness (QED) is 0.920. The SMILES string of the molecule is CC.Cc1cnccc1C(=O)Nc1nc(Cl)ns1. The predicted molar refractivity (Wildman–Crippen MR) is 73.2 cm³/mol. The second-order valence-corrected chi connectivity index (χ2v) is 4.10. The molecule has 0 unspecified atom stereocenters. The highest BCUT2D eigenvalue weighted by Crippen LogP contribution is 2.16. The fraction of sp³-hybridized carbons (Fsp3) is 0.273. The van der Waals surface area contributed by atoms with E-state index in [1.807, 2.05) is 20.8 Å². The molecule has 2 heterocycles. The summed E-state index contributed by atoms with van der Waals surface area (Å²) in [6.45, 7) is 5.81. The van der Waals surface area contributed by atoms with E-state index < -0.39 is 0 Å². The van der Waals surface area contributed by atoms with Crippen LogP contribution in [0.25, 0.3) is 0 Å². The molecule has 0 bridgehead atoms. The van der Waals surface area contributed by atoms with E-state index >= 15 is 0 Å². The van der Waals surface area contributed by atoms with Gasteiger partial charge in [0.15, 0.2) is 0 Å². The summed E-state index contributed by atoms with van der Waals surface area (Å²) < 4.78 is 3.75. The van der Waals surface area contributed by atoms with Gasteiger partial charge in [0.05, 0.1) is 0 Å². The highest BCUT2D eigenvalue weighted by atomic mass is 35.5. The van der Waals surface area contributed by atoms with E-state index in [0.29, 0.717) is 10.7 Å². The van der Waals surface area contributed by atoms with E-state index in [-0.39, 0.29) is 11.2 Å². The number of carbonyl (C=O) groups excluding carboxylic acids is 1. The molecule has 1 N–H and O–H groups in total. The molecule has 7 heteroatoms. The molecule has 0 aliphatic carbocycles. The molecular weight excluding hydrogens is 272 g/mol. The predicted octanol–water partition coefficient (Wildman–Crippen LogP) is 3.17. The van der Waals surface area contributed by atoms with Crippen LogP contribution in [0.3, 0.4) is 0 Å². The van der Waals surface area contributed by atoms with Crippen molar-refractivity contribution in [2.75, 3.05) is 5.32 Å². The fourth-order valence-corrected chi connectivity index (χ4v) is 1.86. The first kappa shape index (κ1) is 14.5. The smallest absolute Gasteiger partial charge is 0.257 e. The first-order chi connectivity index (χ1) is 8.66. The molecule has 0 fully saturated rings. The van der Waals surface area contributed by atoms with Gasteiger partial charge in [-0.1, -0.05) is 13.8 Å². The van der Waals surface area contributed by atoms with Gasteiger partial charge in [0.1, 0.15) is 0 Å². The maximum Gasteiger partial charge on any atom is 0.257 e. The van der Waals surface area contributed by atoms with Crippen LogP contribution in [0, 0.1) is 6.92 Å². The Morgan fingerprint density at radius 2 is 2.17 bits per heavy atom.